The molecular weight excluding hydrogens is 184 g/mol. The molecule has 0 fully saturated rings. The van der Waals surface area contributed by atoms with E-state index in [1.165, 1.54) is 25.7 Å². The van der Waals surface area contributed by atoms with E-state index >= 15 is 0 Å². The highest BCUT2D eigenvalue weighted by molar-refractivity contribution is 4.84. The zero-order valence-electron chi connectivity index (χ0n) is 11.1. The lowest BCUT2D eigenvalue weighted by Crippen LogP contribution is -2.49. The first-order chi connectivity index (χ1) is 7.08. The monoisotopic (exact) mass is 214 g/mol. The summed E-state index contributed by atoms with van der Waals surface area (Å²) in [6.07, 6.45) is 7.37. The molecule has 0 aromatic heterocycles. The number of unbranched alkanes of at least 4 members (excludes halogenated alkanes) is 2. The van der Waals surface area contributed by atoms with Gasteiger partial charge >= 0.3 is 0 Å². The highest BCUT2D eigenvalue weighted by Gasteiger charge is 2.20. The minimum Gasteiger partial charge on any atom is -0.324 e. The molecule has 15 heavy (non-hydrogen) atoms. The van der Waals surface area contributed by atoms with Crippen molar-refractivity contribution in [3.05, 3.63) is 0 Å². The average Bonchev–Trinajstić information content (AvgIpc) is 2.26. The van der Waals surface area contributed by atoms with Gasteiger partial charge in [-0.05, 0) is 26.2 Å². The molecule has 0 rings (SSSR count). The lowest BCUT2D eigenvalue weighted by Gasteiger charge is -2.29. The first kappa shape index (κ1) is 14.9. The molecule has 2 heteroatoms. The van der Waals surface area contributed by atoms with Crippen molar-refractivity contribution in [2.45, 2.75) is 77.8 Å². The van der Waals surface area contributed by atoms with Crippen molar-refractivity contribution in [3.63, 3.8) is 0 Å². The molecule has 0 aromatic rings. The topological polar surface area (TPSA) is 38.0 Å². The van der Waals surface area contributed by atoms with Gasteiger partial charge in [0.1, 0.15) is 0 Å². The second-order valence-electron chi connectivity index (χ2n) is 4.85. The molecule has 0 saturated carbocycles. The predicted octanol–water partition coefficient (Wildman–Crippen LogP) is 3.06. The zero-order valence-corrected chi connectivity index (χ0v) is 11.1. The van der Waals surface area contributed by atoms with Crippen LogP contribution in [0, 0.1) is 0 Å². The smallest absolute Gasteiger partial charge is 0.0275 e. The van der Waals surface area contributed by atoms with Gasteiger partial charge in [-0.3, -0.25) is 0 Å². The largest absolute Gasteiger partial charge is 0.324 e. The van der Waals surface area contributed by atoms with Gasteiger partial charge in [-0.1, -0.05) is 40.0 Å². The first-order valence-electron chi connectivity index (χ1n) is 6.60. The minimum atomic E-state index is -0.000976. The van der Waals surface area contributed by atoms with E-state index in [2.05, 4.69) is 33.0 Å². The van der Waals surface area contributed by atoms with Crippen molar-refractivity contribution in [1.82, 2.24) is 5.32 Å². The van der Waals surface area contributed by atoms with Crippen LogP contribution in [0.2, 0.25) is 0 Å². The van der Waals surface area contributed by atoms with Gasteiger partial charge in [0, 0.05) is 18.1 Å². The Morgan fingerprint density at radius 1 is 1.13 bits per heavy atom. The summed E-state index contributed by atoms with van der Waals surface area (Å²) in [5.41, 5.74) is 6.24. The molecule has 0 amide bonds. The third-order valence-electron chi connectivity index (χ3n) is 3.45. The van der Waals surface area contributed by atoms with E-state index < -0.39 is 0 Å². The van der Waals surface area contributed by atoms with E-state index in [1.807, 2.05) is 0 Å². The van der Waals surface area contributed by atoms with Crippen LogP contribution in [0.15, 0.2) is 0 Å². The van der Waals surface area contributed by atoms with Gasteiger partial charge in [0.25, 0.3) is 0 Å². The second kappa shape index (κ2) is 8.12. The number of hydrogen-bond acceptors (Lipinski definition) is 2. The summed E-state index contributed by atoms with van der Waals surface area (Å²) in [5, 5.41) is 3.56. The molecule has 0 saturated heterocycles. The predicted molar refractivity (Wildman–Crippen MR) is 69.1 cm³/mol. The summed E-state index contributed by atoms with van der Waals surface area (Å²) in [4.78, 5) is 0. The van der Waals surface area contributed by atoms with E-state index in [0.29, 0.717) is 6.04 Å². The Balaban J connectivity index is 3.64. The van der Waals surface area contributed by atoms with Crippen LogP contribution < -0.4 is 11.1 Å². The Bertz CT molecular complexity index is 141. The Kier molecular flexibility index (Phi) is 8.07. The highest BCUT2D eigenvalue weighted by Crippen LogP contribution is 2.10. The van der Waals surface area contributed by atoms with Crippen molar-refractivity contribution < 1.29 is 0 Å². The Morgan fingerprint density at radius 3 is 2.20 bits per heavy atom. The molecule has 0 heterocycles. The van der Waals surface area contributed by atoms with Crippen LogP contribution in [-0.4, -0.2) is 18.1 Å². The molecule has 0 aliphatic rings. The summed E-state index contributed by atoms with van der Waals surface area (Å²) in [6.45, 7) is 9.81. The molecule has 92 valence electrons. The van der Waals surface area contributed by atoms with Gasteiger partial charge in [0.05, 0.1) is 0 Å². The van der Waals surface area contributed by atoms with Crippen LogP contribution >= 0.6 is 0 Å². The van der Waals surface area contributed by atoms with Crippen LogP contribution in [0.4, 0.5) is 0 Å². The molecule has 3 N–H and O–H groups in total. The van der Waals surface area contributed by atoms with Crippen molar-refractivity contribution >= 4 is 0 Å². The minimum absolute atomic E-state index is 0.000976. The number of nitrogens with one attached hydrogen (secondary N) is 1. The van der Waals surface area contributed by atoms with Gasteiger partial charge in [-0.25, -0.2) is 0 Å². The molecule has 0 spiro atoms. The number of hydrogen-bond donors (Lipinski definition) is 2. The third-order valence-corrected chi connectivity index (χ3v) is 3.45. The summed E-state index contributed by atoms with van der Waals surface area (Å²) >= 11 is 0. The third kappa shape index (κ3) is 6.91. The first-order valence-corrected chi connectivity index (χ1v) is 6.60. The Hall–Kier alpha value is -0.0800. The standard InChI is InChI=1S/C13H30N2/c1-5-8-9-10-12(4)15-11-13(14,6-2)7-3/h12,15H,5-11,14H2,1-4H3. The quantitative estimate of drug-likeness (QED) is 0.579. The zero-order chi connectivity index (χ0) is 11.7. The summed E-state index contributed by atoms with van der Waals surface area (Å²) in [7, 11) is 0. The van der Waals surface area contributed by atoms with Crippen LogP contribution in [-0.2, 0) is 0 Å². The molecule has 2 nitrogen and oxygen atoms in total. The van der Waals surface area contributed by atoms with Gasteiger partial charge in [0.15, 0.2) is 0 Å². The molecule has 0 bridgehead atoms. The summed E-state index contributed by atoms with van der Waals surface area (Å²) < 4.78 is 0. The lowest BCUT2D eigenvalue weighted by atomic mass is 9.94. The number of nitrogens with two attached hydrogens (primary N) is 1. The molecule has 0 radical (unpaired) electrons. The SMILES string of the molecule is CCCCCC(C)NCC(N)(CC)CC. The maximum Gasteiger partial charge on any atom is 0.0275 e. The van der Waals surface area contributed by atoms with Crippen LogP contribution in [0.3, 0.4) is 0 Å². The van der Waals surface area contributed by atoms with Crippen molar-refractivity contribution in [2.75, 3.05) is 6.54 Å². The fraction of sp³-hybridized carbons (Fsp3) is 1.00. The molecule has 0 aliphatic carbocycles. The van der Waals surface area contributed by atoms with E-state index in [0.717, 1.165) is 19.4 Å². The van der Waals surface area contributed by atoms with Crippen molar-refractivity contribution in [1.29, 1.82) is 0 Å². The van der Waals surface area contributed by atoms with Gasteiger partial charge in [-0.2, -0.15) is 0 Å². The molecule has 1 unspecified atom stereocenters. The van der Waals surface area contributed by atoms with Crippen LogP contribution in [0.25, 0.3) is 0 Å². The van der Waals surface area contributed by atoms with Crippen LogP contribution in [0.5, 0.6) is 0 Å². The summed E-state index contributed by atoms with van der Waals surface area (Å²) in [6, 6.07) is 0.609. The van der Waals surface area contributed by atoms with Gasteiger partial charge in [-0.15, -0.1) is 0 Å². The lowest BCUT2D eigenvalue weighted by molar-refractivity contribution is 0.343. The number of rotatable bonds is 9. The fourth-order valence-electron chi connectivity index (χ4n) is 1.68. The van der Waals surface area contributed by atoms with Crippen molar-refractivity contribution in [2.24, 2.45) is 5.73 Å². The Morgan fingerprint density at radius 2 is 1.73 bits per heavy atom. The molecule has 0 aromatic carbocycles. The van der Waals surface area contributed by atoms with Crippen LogP contribution in [0.1, 0.15) is 66.2 Å². The average molecular weight is 214 g/mol. The second-order valence-corrected chi connectivity index (χ2v) is 4.85. The van der Waals surface area contributed by atoms with Crippen molar-refractivity contribution in [3.8, 4) is 0 Å². The maximum atomic E-state index is 6.24. The highest BCUT2D eigenvalue weighted by atomic mass is 15.0. The molecular formula is C13H30N2. The van der Waals surface area contributed by atoms with Gasteiger partial charge in [0.2, 0.25) is 0 Å². The van der Waals surface area contributed by atoms with E-state index in [4.69, 9.17) is 5.73 Å². The molecule has 0 aliphatic heterocycles. The van der Waals surface area contributed by atoms with Gasteiger partial charge < -0.3 is 11.1 Å². The van der Waals surface area contributed by atoms with E-state index in [1.54, 1.807) is 0 Å². The summed E-state index contributed by atoms with van der Waals surface area (Å²) in [5.74, 6) is 0. The Labute approximate surface area is 96.0 Å². The maximum absolute atomic E-state index is 6.24. The molecule has 1 atom stereocenters. The van der Waals surface area contributed by atoms with E-state index in [-0.39, 0.29) is 5.54 Å². The van der Waals surface area contributed by atoms with E-state index in [9.17, 15) is 0 Å². The fourth-order valence-corrected chi connectivity index (χ4v) is 1.68. The normalized spacial score (nSPS) is 14.2.